The third-order valence-electron chi connectivity index (χ3n) is 2.84. The minimum atomic E-state index is -0.401. The van der Waals surface area contributed by atoms with Crippen LogP contribution >= 0.6 is 27.5 Å². The summed E-state index contributed by atoms with van der Waals surface area (Å²) in [6.45, 7) is 0. The Hall–Kier alpha value is -1.39. The molecule has 0 N–H and O–H groups in total. The fourth-order valence-corrected chi connectivity index (χ4v) is 2.40. The third kappa shape index (κ3) is 3.38. The first-order chi connectivity index (χ1) is 9.51. The van der Waals surface area contributed by atoms with Crippen LogP contribution in [0.5, 0.6) is 5.75 Å². The molecule has 20 heavy (non-hydrogen) atoms. The van der Waals surface area contributed by atoms with E-state index in [9.17, 15) is 9.18 Å². The first kappa shape index (κ1) is 15.0. The number of ketones is 1. The molecule has 0 fully saturated rings. The molecular weight excluding hydrogens is 347 g/mol. The standard InChI is InChI=1S/C15H11BrClFO2/c1-20-15-5-3-11(17)6-10(15)8-14(19)9-2-4-13(18)12(16)7-9/h2-7H,8H2,1H3. The number of carbonyl (C=O) groups excluding carboxylic acids is 1. The van der Waals surface area contributed by atoms with Crippen LogP contribution in [0.4, 0.5) is 4.39 Å². The summed E-state index contributed by atoms with van der Waals surface area (Å²) in [5.41, 5.74) is 1.13. The van der Waals surface area contributed by atoms with Gasteiger partial charge in [-0.1, -0.05) is 11.6 Å². The molecule has 0 aliphatic heterocycles. The Morgan fingerprint density at radius 1 is 1.30 bits per heavy atom. The van der Waals surface area contributed by atoms with E-state index in [2.05, 4.69) is 15.9 Å². The number of benzene rings is 2. The first-order valence-electron chi connectivity index (χ1n) is 5.82. The number of hydrogen-bond acceptors (Lipinski definition) is 2. The van der Waals surface area contributed by atoms with Crippen LogP contribution in [0.25, 0.3) is 0 Å². The fourth-order valence-electron chi connectivity index (χ4n) is 1.83. The quantitative estimate of drug-likeness (QED) is 0.743. The Morgan fingerprint density at radius 3 is 2.70 bits per heavy atom. The average molecular weight is 358 g/mol. The van der Waals surface area contributed by atoms with Crippen molar-refractivity contribution >= 4 is 33.3 Å². The zero-order valence-corrected chi connectivity index (χ0v) is 13.0. The Labute approximate surface area is 129 Å². The van der Waals surface area contributed by atoms with Gasteiger partial charge in [0.2, 0.25) is 0 Å². The van der Waals surface area contributed by atoms with Crippen LogP contribution in [0.15, 0.2) is 40.9 Å². The number of Topliss-reactive ketones (excluding diaryl/α,β-unsaturated/α-hetero) is 1. The highest BCUT2D eigenvalue weighted by Gasteiger charge is 2.13. The van der Waals surface area contributed by atoms with Crippen LogP contribution in [0.2, 0.25) is 5.02 Å². The van der Waals surface area contributed by atoms with Crippen molar-refractivity contribution in [2.24, 2.45) is 0 Å². The molecular formula is C15H11BrClFO2. The Bertz CT molecular complexity index is 658. The summed E-state index contributed by atoms with van der Waals surface area (Å²) in [5, 5.41) is 0.536. The van der Waals surface area contributed by atoms with Crippen molar-refractivity contribution in [2.45, 2.75) is 6.42 Å². The summed E-state index contributed by atoms with van der Waals surface area (Å²) in [6, 6.07) is 9.28. The molecule has 0 bridgehead atoms. The zero-order chi connectivity index (χ0) is 14.7. The molecule has 5 heteroatoms. The van der Waals surface area contributed by atoms with Gasteiger partial charge in [-0.2, -0.15) is 0 Å². The molecule has 0 spiro atoms. The van der Waals surface area contributed by atoms with Crippen LogP contribution in [0.3, 0.4) is 0 Å². The van der Waals surface area contributed by atoms with E-state index in [1.54, 1.807) is 18.2 Å². The van der Waals surface area contributed by atoms with Crippen molar-refractivity contribution in [3.8, 4) is 5.75 Å². The molecule has 0 atom stereocenters. The number of methoxy groups -OCH3 is 1. The molecule has 0 saturated carbocycles. The van der Waals surface area contributed by atoms with Crippen LogP contribution in [-0.2, 0) is 6.42 Å². The van der Waals surface area contributed by atoms with Crippen LogP contribution in [0.1, 0.15) is 15.9 Å². The molecule has 0 amide bonds. The molecule has 0 heterocycles. The van der Waals surface area contributed by atoms with Crippen LogP contribution in [0, 0.1) is 5.82 Å². The van der Waals surface area contributed by atoms with E-state index in [4.69, 9.17) is 16.3 Å². The second-order valence-corrected chi connectivity index (χ2v) is 5.48. The lowest BCUT2D eigenvalue weighted by atomic mass is 10.0. The summed E-state index contributed by atoms with van der Waals surface area (Å²) in [4.78, 5) is 12.2. The summed E-state index contributed by atoms with van der Waals surface area (Å²) in [7, 11) is 1.53. The van der Waals surface area contributed by atoms with Gasteiger partial charge in [-0.25, -0.2) is 4.39 Å². The van der Waals surface area contributed by atoms with Crippen molar-refractivity contribution in [1.82, 2.24) is 0 Å². The summed E-state index contributed by atoms with van der Waals surface area (Å²) in [6.07, 6.45) is 0.141. The van der Waals surface area contributed by atoms with Gasteiger partial charge < -0.3 is 4.74 Å². The van der Waals surface area contributed by atoms with Gasteiger partial charge in [-0.05, 0) is 52.3 Å². The fraction of sp³-hybridized carbons (Fsp3) is 0.133. The molecule has 2 rings (SSSR count). The number of rotatable bonds is 4. The van der Waals surface area contributed by atoms with Gasteiger partial charge in [0.1, 0.15) is 11.6 Å². The molecule has 0 aromatic heterocycles. The summed E-state index contributed by atoms with van der Waals surface area (Å²) in [5.74, 6) is 0.0667. The topological polar surface area (TPSA) is 26.3 Å². The van der Waals surface area contributed by atoms with E-state index >= 15 is 0 Å². The van der Waals surface area contributed by atoms with E-state index in [0.29, 0.717) is 21.9 Å². The predicted molar refractivity (Wildman–Crippen MR) is 80.1 cm³/mol. The third-order valence-corrected chi connectivity index (χ3v) is 3.68. The largest absolute Gasteiger partial charge is 0.496 e. The average Bonchev–Trinajstić information content (AvgIpc) is 2.42. The van der Waals surface area contributed by atoms with Crippen molar-refractivity contribution in [2.75, 3.05) is 7.11 Å². The Balaban J connectivity index is 2.27. The van der Waals surface area contributed by atoms with Crippen molar-refractivity contribution in [3.63, 3.8) is 0 Å². The maximum Gasteiger partial charge on any atom is 0.167 e. The van der Waals surface area contributed by atoms with Crippen LogP contribution in [-0.4, -0.2) is 12.9 Å². The molecule has 0 saturated heterocycles. The molecule has 0 aliphatic rings. The lowest BCUT2D eigenvalue weighted by molar-refractivity contribution is 0.0992. The van der Waals surface area contributed by atoms with E-state index in [1.807, 2.05) is 0 Å². The highest BCUT2D eigenvalue weighted by molar-refractivity contribution is 9.10. The molecule has 2 aromatic rings. The summed E-state index contributed by atoms with van der Waals surface area (Å²) < 4.78 is 18.6. The second kappa shape index (κ2) is 6.37. The normalized spacial score (nSPS) is 10.4. The van der Waals surface area contributed by atoms with E-state index < -0.39 is 5.82 Å². The maximum absolute atomic E-state index is 13.2. The minimum absolute atomic E-state index is 0.133. The molecule has 0 aliphatic carbocycles. The lowest BCUT2D eigenvalue weighted by Gasteiger charge is -2.08. The minimum Gasteiger partial charge on any atom is -0.496 e. The lowest BCUT2D eigenvalue weighted by Crippen LogP contribution is -2.05. The van der Waals surface area contributed by atoms with E-state index in [0.717, 1.165) is 0 Å². The number of halogens is 3. The first-order valence-corrected chi connectivity index (χ1v) is 6.99. The molecule has 0 unspecified atom stereocenters. The number of ether oxygens (including phenoxy) is 1. The predicted octanol–water partition coefficient (Wildman–Crippen LogP) is 4.68. The van der Waals surface area contributed by atoms with E-state index in [-0.39, 0.29) is 16.7 Å². The molecule has 2 aromatic carbocycles. The zero-order valence-electron chi connectivity index (χ0n) is 10.6. The Morgan fingerprint density at radius 2 is 2.05 bits per heavy atom. The smallest absolute Gasteiger partial charge is 0.167 e. The summed E-state index contributed by atoms with van der Waals surface area (Å²) >= 11 is 8.99. The second-order valence-electron chi connectivity index (χ2n) is 4.19. The number of hydrogen-bond donors (Lipinski definition) is 0. The van der Waals surface area contributed by atoms with Gasteiger partial charge in [-0.3, -0.25) is 4.79 Å². The number of carbonyl (C=O) groups is 1. The highest BCUT2D eigenvalue weighted by atomic mass is 79.9. The van der Waals surface area contributed by atoms with Gasteiger partial charge >= 0.3 is 0 Å². The molecule has 104 valence electrons. The Kier molecular flexibility index (Phi) is 4.78. The molecule has 2 nitrogen and oxygen atoms in total. The SMILES string of the molecule is COc1ccc(Cl)cc1CC(=O)c1ccc(F)c(Br)c1. The van der Waals surface area contributed by atoms with Gasteiger partial charge in [0, 0.05) is 22.6 Å². The molecule has 0 radical (unpaired) electrons. The van der Waals surface area contributed by atoms with Gasteiger partial charge in [0.15, 0.2) is 5.78 Å². The maximum atomic E-state index is 13.2. The van der Waals surface area contributed by atoms with Gasteiger partial charge in [0.05, 0.1) is 11.6 Å². The van der Waals surface area contributed by atoms with Crippen molar-refractivity contribution in [3.05, 3.63) is 62.8 Å². The highest BCUT2D eigenvalue weighted by Crippen LogP contribution is 2.25. The van der Waals surface area contributed by atoms with Crippen LogP contribution < -0.4 is 4.74 Å². The van der Waals surface area contributed by atoms with Crippen molar-refractivity contribution in [1.29, 1.82) is 0 Å². The van der Waals surface area contributed by atoms with Gasteiger partial charge in [-0.15, -0.1) is 0 Å². The van der Waals surface area contributed by atoms with E-state index in [1.165, 1.54) is 25.3 Å². The monoisotopic (exact) mass is 356 g/mol. The van der Waals surface area contributed by atoms with Crippen molar-refractivity contribution < 1.29 is 13.9 Å². The van der Waals surface area contributed by atoms with Gasteiger partial charge in [0.25, 0.3) is 0 Å².